The highest BCUT2D eigenvalue weighted by Crippen LogP contribution is 2.23. The molecule has 0 spiro atoms. The maximum Gasteiger partial charge on any atom is 0.335 e. The molecule has 0 radical (unpaired) electrons. The summed E-state index contributed by atoms with van der Waals surface area (Å²) in [6, 6.07) is 11.2. The number of para-hydroxylation sites is 1. The van der Waals surface area contributed by atoms with Crippen LogP contribution in [0.5, 0.6) is 0 Å². The summed E-state index contributed by atoms with van der Waals surface area (Å²) in [6.45, 7) is 0.344. The minimum Gasteiger partial charge on any atom is -0.478 e. The van der Waals surface area contributed by atoms with Crippen LogP contribution in [0, 0.1) is 5.82 Å². The number of hydrogen-bond donors (Lipinski definition) is 2. The molecule has 0 atom stereocenters. The number of nitrogens with one attached hydrogen (secondary N) is 1. The second-order valence-electron chi connectivity index (χ2n) is 4.61. The lowest BCUT2D eigenvalue weighted by Gasteiger charge is -2.07. The van der Waals surface area contributed by atoms with E-state index in [2.05, 4.69) is 5.32 Å². The van der Waals surface area contributed by atoms with Gasteiger partial charge >= 0.3 is 5.97 Å². The van der Waals surface area contributed by atoms with Crippen LogP contribution in [-0.4, -0.2) is 11.1 Å². The zero-order chi connectivity index (χ0) is 14.8. The van der Waals surface area contributed by atoms with Crippen LogP contribution in [0.4, 0.5) is 10.1 Å². The Bertz CT molecular complexity index is 810. The van der Waals surface area contributed by atoms with Gasteiger partial charge in [0.25, 0.3) is 0 Å². The molecule has 2 aromatic carbocycles. The fourth-order valence-electron chi connectivity index (χ4n) is 2.15. The summed E-state index contributed by atoms with van der Waals surface area (Å²) in [6.07, 6.45) is 1.61. The van der Waals surface area contributed by atoms with Crippen molar-refractivity contribution in [1.82, 2.24) is 0 Å². The van der Waals surface area contributed by atoms with Gasteiger partial charge in [-0.1, -0.05) is 18.2 Å². The summed E-state index contributed by atoms with van der Waals surface area (Å²) in [5, 5.41) is 12.8. The highest BCUT2D eigenvalue weighted by molar-refractivity contribution is 5.89. The fraction of sp³-hybridized carbons (Fsp3) is 0.0625. The van der Waals surface area contributed by atoms with E-state index in [1.54, 1.807) is 6.26 Å². The minimum absolute atomic E-state index is 0.0379. The van der Waals surface area contributed by atoms with Gasteiger partial charge in [-0.2, -0.15) is 0 Å². The molecule has 0 fully saturated rings. The number of furan rings is 1. The Balaban J connectivity index is 1.84. The first-order valence-electron chi connectivity index (χ1n) is 6.37. The van der Waals surface area contributed by atoms with E-state index in [0.717, 1.165) is 22.6 Å². The van der Waals surface area contributed by atoms with E-state index in [1.807, 2.05) is 24.3 Å². The van der Waals surface area contributed by atoms with Crippen LogP contribution in [0.1, 0.15) is 15.9 Å². The van der Waals surface area contributed by atoms with E-state index >= 15 is 0 Å². The van der Waals surface area contributed by atoms with Crippen molar-refractivity contribution >= 4 is 22.6 Å². The number of carboxylic acid groups (broad SMARTS) is 1. The predicted molar refractivity (Wildman–Crippen MR) is 76.9 cm³/mol. The Hall–Kier alpha value is -2.82. The highest BCUT2D eigenvalue weighted by Gasteiger charge is 2.10. The number of aromatic carboxylic acids is 1. The monoisotopic (exact) mass is 285 g/mol. The average Bonchev–Trinajstić information content (AvgIpc) is 2.89. The zero-order valence-electron chi connectivity index (χ0n) is 11.0. The van der Waals surface area contributed by atoms with Crippen LogP contribution in [0.3, 0.4) is 0 Å². The first-order valence-corrected chi connectivity index (χ1v) is 6.37. The van der Waals surface area contributed by atoms with Gasteiger partial charge in [0, 0.05) is 17.5 Å². The molecule has 3 aromatic rings. The van der Waals surface area contributed by atoms with Gasteiger partial charge in [0.15, 0.2) is 0 Å². The normalized spacial score (nSPS) is 10.7. The Labute approximate surface area is 119 Å². The van der Waals surface area contributed by atoms with Crippen molar-refractivity contribution < 1.29 is 18.7 Å². The van der Waals surface area contributed by atoms with Crippen molar-refractivity contribution in [3.63, 3.8) is 0 Å². The molecular weight excluding hydrogens is 273 g/mol. The Morgan fingerprint density at radius 1 is 1.24 bits per heavy atom. The lowest BCUT2D eigenvalue weighted by Crippen LogP contribution is -2.04. The third-order valence-electron chi connectivity index (χ3n) is 3.24. The van der Waals surface area contributed by atoms with Crippen LogP contribution in [0.2, 0.25) is 0 Å². The molecule has 0 saturated carbocycles. The minimum atomic E-state index is -1.09. The lowest BCUT2D eigenvalue weighted by molar-refractivity contribution is 0.0697. The van der Waals surface area contributed by atoms with Crippen LogP contribution in [0.15, 0.2) is 53.1 Å². The molecule has 0 saturated heterocycles. The van der Waals surface area contributed by atoms with Crippen LogP contribution < -0.4 is 5.32 Å². The van der Waals surface area contributed by atoms with E-state index in [9.17, 15) is 9.18 Å². The molecular formula is C16H12FNO3. The third-order valence-corrected chi connectivity index (χ3v) is 3.24. The summed E-state index contributed by atoms with van der Waals surface area (Å²) in [5.41, 5.74) is 1.83. The summed E-state index contributed by atoms with van der Waals surface area (Å²) in [5.74, 6) is -1.58. The van der Waals surface area contributed by atoms with Crippen LogP contribution in [-0.2, 0) is 6.54 Å². The molecule has 0 amide bonds. The summed E-state index contributed by atoms with van der Waals surface area (Å²) >= 11 is 0. The second kappa shape index (κ2) is 5.28. The topological polar surface area (TPSA) is 62.5 Å². The van der Waals surface area contributed by atoms with Gasteiger partial charge in [-0.15, -0.1) is 0 Å². The van der Waals surface area contributed by atoms with E-state index in [4.69, 9.17) is 9.52 Å². The zero-order valence-corrected chi connectivity index (χ0v) is 11.0. The molecule has 2 N–H and O–H groups in total. The lowest BCUT2D eigenvalue weighted by atomic mass is 10.1. The molecule has 0 aliphatic carbocycles. The summed E-state index contributed by atoms with van der Waals surface area (Å²) < 4.78 is 19.1. The van der Waals surface area contributed by atoms with Gasteiger partial charge < -0.3 is 14.8 Å². The number of anilines is 1. The highest BCUT2D eigenvalue weighted by atomic mass is 19.1. The SMILES string of the molecule is O=C(O)c1ccc(F)c(NCc2coc3ccccc23)c1. The standard InChI is InChI=1S/C16H12FNO3/c17-13-6-5-10(16(19)20)7-14(13)18-8-11-9-21-15-4-2-1-3-12(11)15/h1-7,9,18H,8H2,(H,19,20). The van der Waals surface area contributed by atoms with Crippen molar-refractivity contribution in [2.24, 2.45) is 0 Å². The summed E-state index contributed by atoms with van der Waals surface area (Å²) in [4.78, 5) is 10.9. The predicted octanol–water partition coefficient (Wildman–Crippen LogP) is 3.88. The Morgan fingerprint density at radius 2 is 2.05 bits per heavy atom. The number of benzene rings is 2. The molecule has 106 valence electrons. The van der Waals surface area contributed by atoms with Gasteiger partial charge in [-0.3, -0.25) is 0 Å². The van der Waals surface area contributed by atoms with Gasteiger partial charge in [0.1, 0.15) is 11.4 Å². The second-order valence-corrected chi connectivity index (χ2v) is 4.61. The number of rotatable bonds is 4. The number of carbonyl (C=O) groups is 1. The van der Waals surface area contributed by atoms with Gasteiger partial charge in [0.2, 0.25) is 0 Å². The number of fused-ring (bicyclic) bond motifs is 1. The van der Waals surface area contributed by atoms with E-state index < -0.39 is 11.8 Å². The quantitative estimate of drug-likeness (QED) is 0.763. The van der Waals surface area contributed by atoms with Crippen molar-refractivity contribution in [2.75, 3.05) is 5.32 Å². The van der Waals surface area contributed by atoms with Crippen molar-refractivity contribution in [2.45, 2.75) is 6.54 Å². The first kappa shape index (κ1) is 13.2. The molecule has 3 rings (SSSR count). The van der Waals surface area contributed by atoms with E-state index in [1.165, 1.54) is 12.1 Å². The van der Waals surface area contributed by atoms with Crippen LogP contribution in [0.25, 0.3) is 11.0 Å². The Morgan fingerprint density at radius 3 is 2.86 bits per heavy atom. The average molecular weight is 285 g/mol. The molecule has 0 aliphatic rings. The summed E-state index contributed by atoms with van der Waals surface area (Å²) in [7, 11) is 0. The third kappa shape index (κ3) is 2.58. The van der Waals surface area contributed by atoms with E-state index in [-0.39, 0.29) is 11.3 Å². The molecule has 0 unspecified atom stereocenters. The number of halogens is 1. The number of hydrogen-bond acceptors (Lipinski definition) is 3. The van der Waals surface area contributed by atoms with Crippen molar-refractivity contribution in [3.05, 3.63) is 65.7 Å². The molecule has 0 aliphatic heterocycles. The number of carboxylic acids is 1. The maximum atomic E-state index is 13.7. The Kier molecular flexibility index (Phi) is 3.31. The molecule has 1 aromatic heterocycles. The molecule has 21 heavy (non-hydrogen) atoms. The fourth-order valence-corrected chi connectivity index (χ4v) is 2.15. The molecule has 4 nitrogen and oxygen atoms in total. The maximum absolute atomic E-state index is 13.7. The van der Waals surface area contributed by atoms with Crippen LogP contribution >= 0.6 is 0 Å². The first-order chi connectivity index (χ1) is 10.1. The molecule has 5 heteroatoms. The molecule has 0 bridgehead atoms. The van der Waals surface area contributed by atoms with Gasteiger partial charge in [0.05, 0.1) is 17.5 Å². The van der Waals surface area contributed by atoms with Crippen molar-refractivity contribution in [1.29, 1.82) is 0 Å². The van der Waals surface area contributed by atoms with E-state index in [0.29, 0.717) is 6.54 Å². The molecule has 1 heterocycles. The van der Waals surface area contributed by atoms with Crippen molar-refractivity contribution in [3.8, 4) is 0 Å². The van der Waals surface area contributed by atoms with Gasteiger partial charge in [-0.05, 0) is 24.3 Å². The smallest absolute Gasteiger partial charge is 0.335 e. The largest absolute Gasteiger partial charge is 0.478 e. The van der Waals surface area contributed by atoms with Gasteiger partial charge in [-0.25, -0.2) is 9.18 Å².